The van der Waals surface area contributed by atoms with Gasteiger partial charge in [0.2, 0.25) is 0 Å². The third-order valence-electron chi connectivity index (χ3n) is 4.09. The maximum absolute atomic E-state index is 10.5. The summed E-state index contributed by atoms with van der Waals surface area (Å²) in [4.78, 5) is 12.3. The molecule has 0 bridgehead atoms. The Labute approximate surface area is 152 Å². The average molecular weight is 372 g/mol. The molecule has 4 unspecified atom stereocenters. The Morgan fingerprint density at radius 2 is 1.58 bits per heavy atom. The largest absolute Gasteiger partial charge is 0.465 e. The van der Waals surface area contributed by atoms with Gasteiger partial charge in [0, 0.05) is 19.6 Å². The second-order valence-corrected chi connectivity index (χ2v) is 6.10. The number of likely N-dealkylation sites (N-methyl/N-ethyl adjacent to an activating group) is 1. The first-order valence-electron chi connectivity index (χ1n) is 8.38. The minimum atomic E-state index is -1.64. The Morgan fingerprint density at radius 3 is 2.08 bits per heavy atom. The maximum atomic E-state index is 10.5. The van der Waals surface area contributed by atoms with Crippen molar-refractivity contribution in [3.8, 4) is 0 Å². The van der Waals surface area contributed by atoms with Crippen LogP contribution in [-0.2, 0) is 13.1 Å². The van der Waals surface area contributed by atoms with Crippen molar-refractivity contribution in [3.05, 3.63) is 35.4 Å². The molecule has 1 amide bonds. The molecular formula is C17H28N2O7. The van der Waals surface area contributed by atoms with Crippen LogP contribution in [0.2, 0.25) is 0 Å². The lowest BCUT2D eigenvalue weighted by molar-refractivity contribution is -0.119. The number of carbonyl (C=O) groups is 1. The normalized spacial score (nSPS) is 16.1. The highest BCUT2D eigenvalue weighted by atomic mass is 16.4. The Kier molecular flexibility index (Phi) is 9.49. The molecule has 7 N–H and O–H groups in total. The Bertz CT molecular complexity index is 540. The van der Waals surface area contributed by atoms with Crippen molar-refractivity contribution < 1.29 is 35.4 Å². The van der Waals surface area contributed by atoms with Crippen molar-refractivity contribution in [2.45, 2.75) is 44.4 Å². The first kappa shape index (κ1) is 22.3. The zero-order valence-corrected chi connectivity index (χ0v) is 14.7. The summed E-state index contributed by atoms with van der Waals surface area (Å²) in [7, 11) is 0. The number of nitrogens with zero attached hydrogens (tertiary/aromatic N) is 1. The van der Waals surface area contributed by atoms with Crippen LogP contribution >= 0.6 is 0 Å². The maximum Gasteiger partial charge on any atom is 0.404 e. The van der Waals surface area contributed by atoms with Gasteiger partial charge in [-0.15, -0.1) is 0 Å². The molecule has 26 heavy (non-hydrogen) atoms. The molecule has 0 saturated heterocycles. The van der Waals surface area contributed by atoms with Crippen LogP contribution in [0.3, 0.4) is 0 Å². The molecule has 0 fully saturated rings. The van der Waals surface area contributed by atoms with E-state index in [0.29, 0.717) is 13.1 Å². The number of carboxylic acid groups (broad SMARTS) is 1. The number of benzene rings is 1. The lowest BCUT2D eigenvalue weighted by Gasteiger charge is -2.29. The molecule has 0 heterocycles. The van der Waals surface area contributed by atoms with E-state index in [9.17, 15) is 25.2 Å². The predicted octanol–water partition coefficient (Wildman–Crippen LogP) is -1.29. The van der Waals surface area contributed by atoms with E-state index >= 15 is 0 Å². The van der Waals surface area contributed by atoms with Gasteiger partial charge in [-0.2, -0.15) is 0 Å². The van der Waals surface area contributed by atoms with Crippen molar-refractivity contribution >= 4 is 6.09 Å². The molecule has 1 aromatic carbocycles. The van der Waals surface area contributed by atoms with E-state index in [-0.39, 0.29) is 13.1 Å². The summed E-state index contributed by atoms with van der Waals surface area (Å²) in [6.45, 7) is 2.49. The van der Waals surface area contributed by atoms with Crippen LogP contribution in [0.25, 0.3) is 0 Å². The van der Waals surface area contributed by atoms with E-state index in [0.717, 1.165) is 11.1 Å². The summed E-state index contributed by atoms with van der Waals surface area (Å²) in [6.07, 6.45) is -7.15. The molecule has 1 rings (SSSR count). The molecule has 0 radical (unpaired) electrons. The first-order valence-corrected chi connectivity index (χ1v) is 8.38. The van der Waals surface area contributed by atoms with Crippen LogP contribution in [0.5, 0.6) is 0 Å². The first-order chi connectivity index (χ1) is 12.3. The molecule has 148 valence electrons. The number of nitrogens with one attached hydrogen (secondary N) is 1. The third kappa shape index (κ3) is 7.24. The summed E-state index contributed by atoms with van der Waals surface area (Å²) >= 11 is 0. The highest BCUT2D eigenvalue weighted by molar-refractivity contribution is 5.64. The molecule has 0 aromatic heterocycles. The molecule has 0 aliphatic carbocycles. The number of aliphatic hydroxyl groups is 5. The molecule has 9 heteroatoms. The summed E-state index contributed by atoms with van der Waals surface area (Å²) in [6, 6.07) is 7.28. The molecule has 0 spiro atoms. The highest BCUT2D eigenvalue weighted by Gasteiger charge is 2.30. The van der Waals surface area contributed by atoms with E-state index in [1.54, 1.807) is 12.1 Å². The van der Waals surface area contributed by atoms with Crippen molar-refractivity contribution in [3.63, 3.8) is 0 Å². The number of hydrogen-bond acceptors (Lipinski definition) is 7. The van der Waals surface area contributed by atoms with Gasteiger partial charge in [0.1, 0.15) is 18.3 Å². The highest BCUT2D eigenvalue weighted by Crippen LogP contribution is 2.11. The number of amides is 1. The molecule has 9 nitrogen and oxygen atoms in total. The van der Waals surface area contributed by atoms with Crippen LogP contribution in [-0.4, -0.2) is 85.7 Å². The molecule has 0 aliphatic rings. The van der Waals surface area contributed by atoms with Crippen molar-refractivity contribution in [2.24, 2.45) is 0 Å². The smallest absolute Gasteiger partial charge is 0.404 e. The lowest BCUT2D eigenvalue weighted by atomic mass is 10.0. The fourth-order valence-electron chi connectivity index (χ4n) is 2.44. The van der Waals surface area contributed by atoms with Gasteiger partial charge in [0.15, 0.2) is 0 Å². The van der Waals surface area contributed by atoms with Gasteiger partial charge < -0.3 is 36.0 Å². The molecule has 4 atom stereocenters. The second kappa shape index (κ2) is 11.1. The SMILES string of the molecule is CCN(Cc1ccc(CNC(=O)O)cc1)CC(O)C(O)C(O)C(O)CO. The minimum Gasteiger partial charge on any atom is -0.465 e. The van der Waals surface area contributed by atoms with Gasteiger partial charge in [-0.25, -0.2) is 4.79 Å². The van der Waals surface area contributed by atoms with Crippen LogP contribution in [0.1, 0.15) is 18.1 Å². The molecule has 1 aromatic rings. The summed E-state index contributed by atoms with van der Waals surface area (Å²) in [5.74, 6) is 0. The van der Waals surface area contributed by atoms with Gasteiger partial charge in [-0.1, -0.05) is 31.2 Å². The van der Waals surface area contributed by atoms with Gasteiger partial charge in [0.25, 0.3) is 0 Å². The van der Waals surface area contributed by atoms with Crippen LogP contribution in [0.15, 0.2) is 24.3 Å². The lowest BCUT2D eigenvalue weighted by Crippen LogP contribution is -2.49. The number of hydrogen-bond donors (Lipinski definition) is 7. The van der Waals surface area contributed by atoms with E-state index in [1.807, 2.05) is 24.0 Å². The van der Waals surface area contributed by atoms with Gasteiger partial charge in [-0.3, -0.25) is 4.90 Å². The Hall–Kier alpha value is -1.75. The zero-order chi connectivity index (χ0) is 19.7. The Morgan fingerprint density at radius 1 is 1.04 bits per heavy atom. The monoisotopic (exact) mass is 372 g/mol. The topological polar surface area (TPSA) is 154 Å². The number of rotatable bonds is 11. The predicted molar refractivity (Wildman–Crippen MR) is 93.4 cm³/mol. The quantitative estimate of drug-likeness (QED) is 0.253. The van der Waals surface area contributed by atoms with E-state index < -0.39 is 37.1 Å². The van der Waals surface area contributed by atoms with Crippen molar-refractivity contribution in [1.29, 1.82) is 0 Å². The summed E-state index contributed by atoms with van der Waals surface area (Å²) in [5, 5.41) is 58.6. The van der Waals surface area contributed by atoms with E-state index in [4.69, 9.17) is 10.2 Å². The molecule has 0 saturated carbocycles. The van der Waals surface area contributed by atoms with Crippen LogP contribution < -0.4 is 5.32 Å². The van der Waals surface area contributed by atoms with Crippen LogP contribution in [0.4, 0.5) is 4.79 Å². The third-order valence-corrected chi connectivity index (χ3v) is 4.09. The fraction of sp³-hybridized carbons (Fsp3) is 0.588. The standard InChI is InChI=1S/C17H28N2O7/c1-2-19(9-13(21)15(23)16(24)14(22)10-20)8-12-5-3-11(4-6-12)7-18-17(25)26/h3-6,13-16,18,20-24H,2,7-10H2,1H3,(H,25,26). The van der Waals surface area contributed by atoms with Gasteiger partial charge in [-0.05, 0) is 17.7 Å². The van der Waals surface area contributed by atoms with Crippen molar-refractivity contribution in [1.82, 2.24) is 10.2 Å². The summed E-state index contributed by atoms with van der Waals surface area (Å²) < 4.78 is 0. The molecule has 0 aliphatic heterocycles. The fourth-order valence-corrected chi connectivity index (χ4v) is 2.44. The summed E-state index contributed by atoms with van der Waals surface area (Å²) in [5.41, 5.74) is 1.75. The van der Waals surface area contributed by atoms with E-state index in [1.165, 1.54) is 0 Å². The van der Waals surface area contributed by atoms with E-state index in [2.05, 4.69) is 5.32 Å². The second-order valence-electron chi connectivity index (χ2n) is 6.10. The van der Waals surface area contributed by atoms with Gasteiger partial charge >= 0.3 is 6.09 Å². The number of aliphatic hydroxyl groups excluding tert-OH is 5. The van der Waals surface area contributed by atoms with Gasteiger partial charge in [0.05, 0.1) is 12.7 Å². The molecular weight excluding hydrogens is 344 g/mol. The zero-order valence-electron chi connectivity index (χ0n) is 14.7. The van der Waals surface area contributed by atoms with Crippen molar-refractivity contribution in [2.75, 3.05) is 19.7 Å². The Balaban J connectivity index is 2.59. The minimum absolute atomic E-state index is 0.0647. The van der Waals surface area contributed by atoms with Crippen LogP contribution in [0, 0.1) is 0 Å². The average Bonchev–Trinajstić information content (AvgIpc) is 2.64.